The van der Waals surface area contributed by atoms with Crippen LogP contribution in [0.3, 0.4) is 0 Å². The standard InChI is InChI=1S/C27H39N5O4/c1-4-14-27(25(35)32(26(36)29-27)18-13-23-6-5-15-30(23)3)21-11-16-31(17-12-21)24(34)20-7-9-22(10-8-20)28-19(2)33/h7-10,21,23H,4-6,11-18H2,1-3H3,(H,28,33)(H,29,36)/t23-,27-/m1/s1. The number of imide groups is 1. The van der Waals surface area contributed by atoms with Gasteiger partial charge in [-0.05, 0) is 82.3 Å². The molecule has 5 amide bonds. The number of rotatable bonds is 8. The van der Waals surface area contributed by atoms with Crippen LogP contribution >= 0.6 is 0 Å². The van der Waals surface area contributed by atoms with Gasteiger partial charge in [-0.25, -0.2) is 4.79 Å². The average molecular weight is 498 g/mol. The molecule has 3 fully saturated rings. The molecule has 3 heterocycles. The molecule has 0 saturated carbocycles. The number of anilines is 1. The third kappa shape index (κ3) is 5.26. The van der Waals surface area contributed by atoms with Crippen molar-refractivity contribution in [1.82, 2.24) is 20.0 Å². The second kappa shape index (κ2) is 11.0. The number of amides is 5. The summed E-state index contributed by atoms with van der Waals surface area (Å²) in [5.74, 6) is -0.306. The molecule has 2 atom stereocenters. The van der Waals surface area contributed by atoms with Crippen molar-refractivity contribution < 1.29 is 19.2 Å². The zero-order valence-corrected chi connectivity index (χ0v) is 21.7. The smallest absolute Gasteiger partial charge is 0.325 e. The minimum Gasteiger partial charge on any atom is -0.339 e. The number of nitrogens with one attached hydrogen (secondary N) is 2. The van der Waals surface area contributed by atoms with E-state index in [2.05, 4.69) is 22.6 Å². The predicted octanol–water partition coefficient (Wildman–Crippen LogP) is 3.07. The lowest BCUT2D eigenvalue weighted by molar-refractivity contribution is -0.134. The summed E-state index contributed by atoms with van der Waals surface area (Å²) >= 11 is 0. The molecule has 0 unspecified atom stereocenters. The van der Waals surface area contributed by atoms with Gasteiger partial charge in [0, 0.05) is 43.9 Å². The van der Waals surface area contributed by atoms with Crippen molar-refractivity contribution in [3.63, 3.8) is 0 Å². The van der Waals surface area contributed by atoms with Crippen LogP contribution in [0.2, 0.25) is 0 Å². The van der Waals surface area contributed by atoms with Crippen molar-refractivity contribution in [3.8, 4) is 0 Å². The summed E-state index contributed by atoms with van der Waals surface area (Å²) in [6.45, 7) is 6.09. The fraction of sp³-hybridized carbons (Fsp3) is 0.630. The Hall–Kier alpha value is -2.94. The van der Waals surface area contributed by atoms with Crippen molar-refractivity contribution in [3.05, 3.63) is 29.8 Å². The number of nitrogens with zero attached hydrogens (tertiary/aromatic N) is 3. The van der Waals surface area contributed by atoms with E-state index >= 15 is 0 Å². The van der Waals surface area contributed by atoms with E-state index in [1.807, 2.05) is 11.8 Å². The van der Waals surface area contributed by atoms with Gasteiger partial charge in [-0.15, -0.1) is 0 Å². The van der Waals surface area contributed by atoms with E-state index in [1.165, 1.54) is 11.8 Å². The fourth-order valence-corrected chi connectivity index (χ4v) is 6.17. The van der Waals surface area contributed by atoms with Gasteiger partial charge in [-0.2, -0.15) is 0 Å². The molecule has 0 radical (unpaired) electrons. The van der Waals surface area contributed by atoms with E-state index in [4.69, 9.17) is 0 Å². The first kappa shape index (κ1) is 26.1. The number of benzene rings is 1. The molecule has 0 aromatic heterocycles. The number of urea groups is 1. The van der Waals surface area contributed by atoms with Gasteiger partial charge in [0.2, 0.25) is 5.91 Å². The quantitative estimate of drug-likeness (QED) is 0.538. The molecule has 0 bridgehead atoms. The lowest BCUT2D eigenvalue weighted by atomic mass is 9.74. The highest BCUT2D eigenvalue weighted by molar-refractivity contribution is 6.07. The molecule has 3 aliphatic heterocycles. The van der Waals surface area contributed by atoms with Crippen molar-refractivity contribution >= 4 is 29.4 Å². The minimum atomic E-state index is -0.872. The summed E-state index contributed by atoms with van der Waals surface area (Å²) in [7, 11) is 2.11. The maximum Gasteiger partial charge on any atom is 0.325 e. The number of likely N-dealkylation sites (tertiary alicyclic amines) is 2. The summed E-state index contributed by atoms with van der Waals surface area (Å²) in [6, 6.07) is 7.04. The monoisotopic (exact) mass is 497 g/mol. The first-order chi connectivity index (χ1) is 17.2. The molecule has 3 aliphatic rings. The Kier molecular flexibility index (Phi) is 7.97. The highest BCUT2D eigenvalue weighted by atomic mass is 16.2. The fourth-order valence-electron chi connectivity index (χ4n) is 6.17. The molecule has 9 heteroatoms. The Morgan fingerprint density at radius 1 is 1.08 bits per heavy atom. The molecule has 4 rings (SSSR count). The van der Waals surface area contributed by atoms with Crippen molar-refractivity contribution in [2.75, 3.05) is 38.5 Å². The van der Waals surface area contributed by atoms with Gasteiger partial charge in [0.15, 0.2) is 0 Å². The summed E-state index contributed by atoms with van der Waals surface area (Å²) in [5.41, 5.74) is 0.348. The molecule has 1 aromatic rings. The SMILES string of the molecule is CCC[C@]1(C2CCN(C(=O)c3ccc(NC(C)=O)cc3)CC2)NC(=O)N(CC[C@H]2CCCN2C)C1=O. The van der Waals surface area contributed by atoms with Gasteiger partial charge in [-0.3, -0.25) is 19.3 Å². The van der Waals surface area contributed by atoms with Gasteiger partial charge in [0.05, 0.1) is 0 Å². The highest BCUT2D eigenvalue weighted by Gasteiger charge is 2.55. The highest BCUT2D eigenvalue weighted by Crippen LogP contribution is 2.37. The molecule has 0 spiro atoms. The molecule has 2 N–H and O–H groups in total. The minimum absolute atomic E-state index is 0.000697. The van der Waals surface area contributed by atoms with E-state index < -0.39 is 5.54 Å². The first-order valence-electron chi connectivity index (χ1n) is 13.3. The van der Waals surface area contributed by atoms with Gasteiger partial charge >= 0.3 is 6.03 Å². The third-order valence-corrected chi connectivity index (χ3v) is 8.14. The number of carbonyl (C=O) groups is 4. The Labute approximate surface area is 213 Å². The molecular formula is C27H39N5O4. The Bertz CT molecular complexity index is 988. The lowest BCUT2D eigenvalue weighted by Crippen LogP contribution is -2.56. The summed E-state index contributed by atoms with van der Waals surface area (Å²) in [5, 5.41) is 5.81. The average Bonchev–Trinajstić information content (AvgIpc) is 3.37. The van der Waals surface area contributed by atoms with Crippen molar-refractivity contribution in [2.45, 2.75) is 70.4 Å². The van der Waals surface area contributed by atoms with Gasteiger partial charge in [0.25, 0.3) is 11.8 Å². The van der Waals surface area contributed by atoms with Crippen LogP contribution in [0, 0.1) is 5.92 Å². The number of hydrogen-bond donors (Lipinski definition) is 2. The van der Waals surface area contributed by atoms with Crippen LogP contribution in [0.1, 0.15) is 69.2 Å². The van der Waals surface area contributed by atoms with E-state index in [0.29, 0.717) is 56.2 Å². The molecule has 3 saturated heterocycles. The van der Waals surface area contributed by atoms with Crippen LogP contribution < -0.4 is 10.6 Å². The first-order valence-corrected chi connectivity index (χ1v) is 13.3. The van der Waals surface area contributed by atoms with Crippen LogP contribution in [0.25, 0.3) is 0 Å². The van der Waals surface area contributed by atoms with Gasteiger partial charge in [-0.1, -0.05) is 13.3 Å². The molecule has 36 heavy (non-hydrogen) atoms. The number of piperidine rings is 1. The van der Waals surface area contributed by atoms with E-state index in [-0.39, 0.29) is 29.7 Å². The van der Waals surface area contributed by atoms with Crippen LogP contribution in [-0.2, 0) is 9.59 Å². The largest absolute Gasteiger partial charge is 0.339 e. The zero-order chi connectivity index (χ0) is 25.9. The topological polar surface area (TPSA) is 102 Å². The molecule has 1 aromatic carbocycles. The summed E-state index contributed by atoms with van der Waals surface area (Å²) < 4.78 is 0. The van der Waals surface area contributed by atoms with Gasteiger partial charge < -0.3 is 20.4 Å². The molecule has 9 nitrogen and oxygen atoms in total. The summed E-state index contributed by atoms with van der Waals surface area (Å²) in [4.78, 5) is 56.5. The maximum absolute atomic E-state index is 13.7. The van der Waals surface area contributed by atoms with Crippen LogP contribution in [0.4, 0.5) is 10.5 Å². The van der Waals surface area contributed by atoms with Gasteiger partial charge in [0.1, 0.15) is 5.54 Å². The Morgan fingerprint density at radius 2 is 1.78 bits per heavy atom. The lowest BCUT2D eigenvalue weighted by Gasteiger charge is -2.41. The van der Waals surface area contributed by atoms with Crippen LogP contribution in [0.5, 0.6) is 0 Å². The van der Waals surface area contributed by atoms with E-state index in [0.717, 1.165) is 32.2 Å². The van der Waals surface area contributed by atoms with Crippen LogP contribution in [-0.4, -0.2) is 83.3 Å². The Morgan fingerprint density at radius 3 is 2.36 bits per heavy atom. The third-order valence-electron chi connectivity index (χ3n) is 8.14. The molecular weight excluding hydrogens is 458 g/mol. The second-order valence-corrected chi connectivity index (χ2v) is 10.5. The second-order valence-electron chi connectivity index (χ2n) is 10.5. The maximum atomic E-state index is 13.7. The van der Waals surface area contributed by atoms with E-state index in [9.17, 15) is 19.2 Å². The zero-order valence-electron chi connectivity index (χ0n) is 21.7. The number of carbonyl (C=O) groups excluding carboxylic acids is 4. The van der Waals surface area contributed by atoms with Crippen molar-refractivity contribution in [1.29, 1.82) is 0 Å². The van der Waals surface area contributed by atoms with Crippen LogP contribution in [0.15, 0.2) is 24.3 Å². The molecule has 0 aliphatic carbocycles. The number of hydrogen-bond acceptors (Lipinski definition) is 5. The predicted molar refractivity (Wildman–Crippen MR) is 138 cm³/mol. The van der Waals surface area contributed by atoms with E-state index in [1.54, 1.807) is 24.3 Å². The molecule has 196 valence electrons. The normalized spacial score (nSPS) is 25.4. The Balaban J connectivity index is 1.38. The van der Waals surface area contributed by atoms with Crippen molar-refractivity contribution in [2.24, 2.45) is 5.92 Å². The summed E-state index contributed by atoms with van der Waals surface area (Å²) in [6.07, 6.45) is 5.83.